The summed E-state index contributed by atoms with van der Waals surface area (Å²) in [6.45, 7) is 5.72. The van der Waals surface area contributed by atoms with Crippen LogP contribution in [-0.4, -0.2) is 40.1 Å². The molecule has 0 aliphatic carbocycles. The van der Waals surface area contributed by atoms with E-state index in [-0.39, 0.29) is 5.91 Å². The predicted octanol–water partition coefficient (Wildman–Crippen LogP) is 2.03. The zero-order valence-electron chi connectivity index (χ0n) is 10.0. The molecule has 4 heteroatoms. The minimum atomic E-state index is 0.254. The smallest absolute Gasteiger partial charge is 0.227 e. The minimum absolute atomic E-state index is 0.254. The maximum atomic E-state index is 12.1. The topological polar surface area (TPSA) is 23.6 Å². The number of aryl methyl sites for hydroxylation is 1. The van der Waals surface area contributed by atoms with Crippen molar-refractivity contribution in [1.82, 2.24) is 8.01 Å². The quantitative estimate of drug-likeness (QED) is 0.606. The lowest BCUT2D eigenvalue weighted by Gasteiger charge is -2.31. The molecule has 1 aromatic carbocycles. The normalized spacial score (nSPS) is 17.2. The number of hydrogen-bond acceptors (Lipinski definition) is 2. The summed E-state index contributed by atoms with van der Waals surface area (Å²) in [6.07, 6.45) is 0.536. The van der Waals surface area contributed by atoms with Crippen LogP contribution >= 0.6 is 22.9 Å². The van der Waals surface area contributed by atoms with E-state index in [4.69, 9.17) is 0 Å². The molecule has 17 heavy (non-hydrogen) atoms. The Morgan fingerprint density at radius 3 is 2.53 bits per heavy atom. The van der Waals surface area contributed by atoms with Crippen LogP contribution in [0.4, 0.5) is 0 Å². The first-order chi connectivity index (χ1) is 8.16. The molecule has 1 saturated heterocycles. The van der Waals surface area contributed by atoms with Gasteiger partial charge in [-0.25, -0.2) is 3.11 Å². The van der Waals surface area contributed by atoms with Gasteiger partial charge in [0, 0.05) is 49.0 Å². The van der Waals surface area contributed by atoms with Crippen LogP contribution in [0.5, 0.6) is 0 Å². The summed E-state index contributed by atoms with van der Waals surface area (Å²) < 4.78 is 2.23. The Balaban J connectivity index is 1.95. The molecule has 1 amide bonds. The Labute approximate surface area is 116 Å². The number of carbonyl (C=O) groups is 1. The number of hydrogen-bond donors (Lipinski definition) is 0. The van der Waals surface area contributed by atoms with Crippen LogP contribution in [0.15, 0.2) is 24.3 Å². The highest BCUT2D eigenvalue weighted by molar-refractivity contribution is 14.1. The molecule has 92 valence electrons. The van der Waals surface area contributed by atoms with Crippen LogP contribution in [0.1, 0.15) is 11.1 Å². The van der Waals surface area contributed by atoms with Crippen LogP contribution in [0.3, 0.4) is 0 Å². The van der Waals surface area contributed by atoms with E-state index in [1.807, 2.05) is 23.1 Å². The highest BCUT2D eigenvalue weighted by Gasteiger charge is 2.19. The van der Waals surface area contributed by atoms with Crippen molar-refractivity contribution in [1.29, 1.82) is 0 Å². The summed E-state index contributed by atoms with van der Waals surface area (Å²) in [7, 11) is 0. The monoisotopic (exact) mass is 344 g/mol. The highest BCUT2D eigenvalue weighted by atomic mass is 127. The second-order valence-corrected chi connectivity index (χ2v) is 5.76. The fourth-order valence-electron chi connectivity index (χ4n) is 2.01. The molecule has 0 N–H and O–H groups in total. The van der Waals surface area contributed by atoms with Crippen molar-refractivity contribution in [2.45, 2.75) is 13.3 Å². The third kappa shape index (κ3) is 3.42. The molecule has 1 heterocycles. The van der Waals surface area contributed by atoms with Crippen LogP contribution in [0.2, 0.25) is 0 Å². The van der Waals surface area contributed by atoms with E-state index in [1.165, 1.54) is 5.56 Å². The zero-order chi connectivity index (χ0) is 12.3. The Hall–Kier alpha value is -0.620. The van der Waals surface area contributed by atoms with Crippen LogP contribution < -0.4 is 0 Å². The van der Waals surface area contributed by atoms with Gasteiger partial charge in [-0.1, -0.05) is 24.3 Å². The standard InChI is InChI=1S/C13H17IN2O/c1-11-4-2-3-5-12(11)10-13(17)15-6-8-16(14)9-7-15/h2-5H,6-10H2,1H3. The number of rotatable bonds is 2. The van der Waals surface area contributed by atoms with Gasteiger partial charge in [0.25, 0.3) is 0 Å². The SMILES string of the molecule is Cc1ccccc1CC(=O)N1CCN(I)CC1. The molecule has 3 nitrogen and oxygen atoms in total. The molecule has 0 bridgehead atoms. The number of benzene rings is 1. The molecule has 0 aromatic heterocycles. The van der Waals surface area contributed by atoms with Gasteiger partial charge in [0.1, 0.15) is 0 Å². The van der Waals surface area contributed by atoms with Gasteiger partial charge in [-0.05, 0) is 18.1 Å². The van der Waals surface area contributed by atoms with E-state index in [9.17, 15) is 4.79 Å². The lowest BCUT2D eigenvalue weighted by Crippen LogP contribution is -2.45. The lowest BCUT2D eigenvalue weighted by molar-refractivity contribution is -0.131. The average molecular weight is 344 g/mol. The minimum Gasteiger partial charge on any atom is -0.340 e. The number of amides is 1. The average Bonchev–Trinajstić information content (AvgIpc) is 2.33. The number of piperazine rings is 1. The largest absolute Gasteiger partial charge is 0.340 e. The van der Waals surface area contributed by atoms with Crippen LogP contribution in [0.25, 0.3) is 0 Å². The molecule has 0 radical (unpaired) electrons. The second-order valence-electron chi connectivity index (χ2n) is 4.39. The van der Waals surface area contributed by atoms with Gasteiger partial charge in [0.05, 0.1) is 6.42 Å². The van der Waals surface area contributed by atoms with Gasteiger partial charge >= 0.3 is 0 Å². The van der Waals surface area contributed by atoms with E-state index in [1.54, 1.807) is 0 Å². The first-order valence-corrected chi connectivity index (χ1v) is 6.86. The third-order valence-electron chi connectivity index (χ3n) is 3.18. The highest BCUT2D eigenvalue weighted by Crippen LogP contribution is 2.12. The van der Waals surface area contributed by atoms with Gasteiger partial charge in [0.2, 0.25) is 5.91 Å². The van der Waals surface area contributed by atoms with Crippen molar-refractivity contribution in [3.63, 3.8) is 0 Å². The van der Waals surface area contributed by atoms with E-state index < -0.39 is 0 Å². The predicted molar refractivity (Wildman–Crippen MR) is 77.1 cm³/mol. The lowest BCUT2D eigenvalue weighted by atomic mass is 10.1. The van der Waals surface area contributed by atoms with Gasteiger partial charge in [-0.15, -0.1) is 0 Å². The fourth-order valence-corrected chi connectivity index (χ4v) is 2.45. The molecule has 1 aromatic rings. The molecule has 1 aliphatic rings. The molecular weight excluding hydrogens is 327 g/mol. The first-order valence-electron chi connectivity index (χ1n) is 5.90. The zero-order valence-corrected chi connectivity index (χ0v) is 12.2. The van der Waals surface area contributed by atoms with E-state index in [0.717, 1.165) is 31.7 Å². The summed E-state index contributed by atoms with van der Waals surface area (Å²) in [5, 5.41) is 0. The fraction of sp³-hybridized carbons (Fsp3) is 0.462. The van der Waals surface area contributed by atoms with Gasteiger partial charge < -0.3 is 4.90 Å². The Bertz CT molecular complexity index is 400. The van der Waals surface area contributed by atoms with E-state index in [2.05, 4.69) is 39.0 Å². The molecule has 0 atom stereocenters. The van der Waals surface area contributed by atoms with Crippen molar-refractivity contribution in [2.75, 3.05) is 26.2 Å². The van der Waals surface area contributed by atoms with Gasteiger partial charge in [-0.3, -0.25) is 4.79 Å². The van der Waals surface area contributed by atoms with Crippen molar-refractivity contribution < 1.29 is 4.79 Å². The Morgan fingerprint density at radius 1 is 1.24 bits per heavy atom. The molecule has 0 unspecified atom stereocenters. The summed E-state index contributed by atoms with van der Waals surface area (Å²) in [5.41, 5.74) is 2.35. The molecule has 2 rings (SSSR count). The van der Waals surface area contributed by atoms with Crippen LogP contribution in [0, 0.1) is 6.92 Å². The molecular formula is C13H17IN2O. The second kappa shape index (κ2) is 5.82. The van der Waals surface area contributed by atoms with Crippen molar-refractivity contribution in [3.05, 3.63) is 35.4 Å². The first kappa shape index (κ1) is 12.8. The molecule has 0 saturated carbocycles. The number of halogens is 1. The molecule has 1 aliphatic heterocycles. The van der Waals surface area contributed by atoms with E-state index >= 15 is 0 Å². The maximum absolute atomic E-state index is 12.1. The maximum Gasteiger partial charge on any atom is 0.227 e. The van der Waals surface area contributed by atoms with Crippen molar-refractivity contribution >= 4 is 28.8 Å². The molecule has 0 spiro atoms. The van der Waals surface area contributed by atoms with E-state index in [0.29, 0.717) is 6.42 Å². The van der Waals surface area contributed by atoms with Gasteiger partial charge in [0.15, 0.2) is 0 Å². The summed E-state index contributed by atoms with van der Waals surface area (Å²) in [5.74, 6) is 0.254. The van der Waals surface area contributed by atoms with Crippen molar-refractivity contribution in [2.24, 2.45) is 0 Å². The number of carbonyl (C=O) groups excluding carboxylic acids is 1. The molecule has 1 fully saturated rings. The summed E-state index contributed by atoms with van der Waals surface area (Å²) in [4.78, 5) is 14.1. The van der Waals surface area contributed by atoms with Gasteiger partial charge in [-0.2, -0.15) is 0 Å². The van der Waals surface area contributed by atoms with Crippen molar-refractivity contribution in [3.8, 4) is 0 Å². The number of nitrogens with zero attached hydrogens (tertiary/aromatic N) is 2. The Kier molecular flexibility index (Phi) is 4.39. The third-order valence-corrected chi connectivity index (χ3v) is 4.15. The Morgan fingerprint density at radius 2 is 1.88 bits per heavy atom. The van der Waals surface area contributed by atoms with Crippen LogP contribution in [-0.2, 0) is 11.2 Å². The summed E-state index contributed by atoms with van der Waals surface area (Å²) in [6, 6.07) is 8.11. The summed E-state index contributed by atoms with van der Waals surface area (Å²) >= 11 is 2.31.